The van der Waals surface area contributed by atoms with E-state index in [1.54, 1.807) is 13.1 Å². The molecule has 0 amide bonds. The van der Waals surface area contributed by atoms with Crippen molar-refractivity contribution < 1.29 is 13.3 Å². The summed E-state index contributed by atoms with van der Waals surface area (Å²) < 4.78 is 26.8. The molecular formula is C13H12N4O4S. The van der Waals surface area contributed by atoms with Gasteiger partial charge in [-0.25, -0.2) is 18.4 Å². The molecular weight excluding hydrogens is 308 g/mol. The zero-order chi connectivity index (χ0) is 15.9. The van der Waals surface area contributed by atoms with E-state index in [1.165, 1.54) is 22.8 Å². The van der Waals surface area contributed by atoms with Crippen molar-refractivity contribution in [3.8, 4) is 0 Å². The normalized spacial score (nSPS) is 14.8. The van der Waals surface area contributed by atoms with Gasteiger partial charge < -0.3 is 0 Å². The fourth-order valence-corrected chi connectivity index (χ4v) is 3.98. The SMILES string of the molecule is Cc1ccc([N+](=O)[O-])cc1S(=O)(=O)N1Cc2cncnc2C1. The molecule has 0 fully saturated rings. The van der Waals surface area contributed by atoms with Crippen LogP contribution in [0.15, 0.2) is 35.6 Å². The van der Waals surface area contributed by atoms with Gasteiger partial charge in [-0.05, 0) is 12.5 Å². The molecule has 0 unspecified atom stereocenters. The van der Waals surface area contributed by atoms with Crippen molar-refractivity contribution in [2.45, 2.75) is 24.9 Å². The number of non-ortho nitro benzene ring substituents is 1. The zero-order valence-corrected chi connectivity index (χ0v) is 12.4. The number of nitro benzene ring substituents is 1. The number of benzene rings is 1. The Morgan fingerprint density at radius 1 is 1.32 bits per heavy atom. The summed E-state index contributed by atoms with van der Waals surface area (Å²) in [7, 11) is -3.83. The summed E-state index contributed by atoms with van der Waals surface area (Å²) >= 11 is 0. The highest BCUT2D eigenvalue weighted by Crippen LogP contribution is 2.30. The van der Waals surface area contributed by atoms with Crippen LogP contribution in [-0.4, -0.2) is 27.6 Å². The van der Waals surface area contributed by atoms with Crippen LogP contribution in [-0.2, 0) is 23.1 Å². The first-order valence-electron chi connectivity index (χ1n) is 6.42. The molecule has 2 aromatic rings. The minimum absolute atomic E-state index is 0.0533. The Labute approximate surface area is 126 Å². The van der Waals surface area contributed by atoms with Gasteiger partial charge in [0.2, 0.25) is 10.0 Å². The summed E-state index contributed by atoms with van der Waals surface area (Å²) in [5.74, 6) is 0. The Morgan fingerprint density at radius 3 is 2.77 bits per heavy atom. The van der Waals surface area contributed by atoms with Gasteiger partial charge in [0.25, 0.3) is 5.69 Å². The van der Waals surface area contributed by atoms with E-state index < -0.39 is 14.9 Å². The van der Waals surface area contributed by atoms with Gasteiger partial charge in [-0.2, -0.15) is 4.31 Å². The smallest absolute Gasteiger partial charge is 0.258 e. The van der Waals surface area contributed by atoms with Gasteiger partial charge in [-0.1, -0.05) is 6.07 Å². The lowest BCUT2D eigenvalue weighted by molar-refractivity contribution is -0.385. The first-order chi connectivity index (χ1) is 10.4. The Morgan fingerprint density at radius 2 is 2.09 bits per heavy atom. The van der Waals surface area contributed by atoms with E-state index in [0.29, 0.717) is 11.3 Å². The first-order valence-corrected chi connectivity index (χ1v) is 7.86. The van der Waals surface area contributed by atoms with Gasteiger partial charge in [0.1, 0.15) is 6.33 Å². The summed E-state index contributed by atoms with van der Waals surface area (Å²) in [5.41, 5.74) is 1.61. The van der Waals surface area contributed by atoms with Crippen LogP contribution in [0.25, 0.3) is 0 Å². The van der Waals surface area contributed by atoms with Crippen LogP contribution in [0.5, 0.6) is 0 Å². The number of aryl methyl sites for hydroxylation is 1. The lowest BCUT2D eigenvalue weighted by Gasteiger charge is -2.16. The molecule has 0 saturated heterocycles. The Kier molecular flexibility index (Phi) is 3.38. The predicted octanol–water partition coefficient (Wildman–Crippen LogP) is 1.40. The number of rotatable bonds is 3. The molecule has 0 saturated carbocycles. The van der Waals surface area contributed by atoms with E-state index in [9.17, 15) is 18.5 Å². The predicted molar refractivity (Wildman–Crippen MR) is 76.3 cm³/mol. The van der Waals surface area contributed by atoms with Gasteiger partial charge in [0.05, 0.1) is 22.1 Å². The lowest BCUT2D eigenvalue weighted by atomic mass is 10.2. The van der Waals surface area contributed by atoms with Crippen LogP contribution < -0.4 is 0 Å². The average Bonchev–Trinajstić information content (AvgIpc) is 2.92. The van der Waals surface area contributed by atoms with Gasteiger partial charge in [-0.15, -0.1) is 0 Å². The van der Waals surface area contributed by atoms with Gasteiger partial charge in [-0.3, -0.25) is 10.1 Å². The maximum Gasteiger partial charge on any atom is 0.270 e. The maximum absolute atomic E-state index is 12.8. The molecule has 2 heterocycles. The number of fused-ring (bicyclic) bond motifs is 1. The summed E-state index contributed by atoms with van der Waals surface area (Å²) in [6.45, 7) is 1.92. The molecule has 22 heavy (non-hydrogen) atoms. The number of hydrogen-bond acceptors (Lipinski definition) is 6. The summed E-state index contributed by atoms with van der Waals surface area (Å²) in [5, 5.41) is 10.9. The van der Waals surface area contributed by atoms with E-state index >= 15 is 0 Å². The van der Waals surface area contributed by atoms with Crippen molar-refractivity contribution in [1.29, 1.82) is 0 Å². The molecule has 9 heteroatoms. The van der Waals surface area contributed by atoms with Gasteiger partial charge in [0.15, 0.2) is 0 Å². The third-order valence-electron chi connectivity index (χ3n) is 3.55. The molecule has 1 aromatic heterocycles. The first kappa shape index (κ1) is 14.5. The third-order valence-corrected chi connectivity index (χ3v) is 5.49. The molecule has 8 nitrogen and oxygen atoms in total. The lowest BCUT2D eigenvalue weighted by Crippen LogP contribution is -2.26. The molecule has 1 aliphatic rings. The molecule has 0 atom stereocenters. The van der Waals surface area contributed by atoms with Crippen molar-refractivity contribution in [2.75, 3.05) is 0 Å². The highest BCUT2D eigenvalue weighted by Gasteiger charge is 2.33. The molecule has 0 spiro atoms. The highest BCUT2D eigenvalue weighted by molar-refractivity contribution is 7.89. The quantitative estimate of drug-likeness (QED) is 0.625. The largest absolute Gasteiger partial charge is 0.270 e. The summed E-state index contributed by atoms with van der Waals surface area (Å²) in [6.07, 6.45) is 2.95. The van der Waals surface area contributed by atoms with Crippen molar-refractivity contribution in [3.63, 3.8) is 0 Å². The standard InChI is InChI=1S/C13H12N4O4S/c1-9-2-3-11(17(18)19)4-13(9)22(20,21)16-6-10-5-14-8-15-12(10)7-16/h2-5,8H,6-7H2,1H3. The van der Waals surface area contributed by atoms with Crippen LogP contribution in [0.3, 0.4) is 0 Å². The fraction of sp³-hybridized carbons (Fsp3) is 0.231. The second-order valence-corrected chi connectivity index (χ2v) is 6.88. The molecule has 0 N–H and O–H groups in total. The number of hydrogen-bond donors (Lipinski definition) is 0. The van der Waals surface area contributed by atoms with Crippen LogP contribution in [0.1, 0.15) is 16.8 Å². The van der Waals surface area contributed by atoms with Crippen LogP contribution in [0.4, 0.5) is 5.69 Å². The third kappa shape index (κ3) is 2.34. The zero-order valence-electron chi connectivity index (χ0n) is 11.6. The van der Waals surface area contributed by atoms with E-state index in [4.69, 9.17) is 0 Å². The van der Waals surface area contributed by atoms with Gasteiger partial charge in [0, 0.05) is 30.4 Å². The summed E-state index contributed by atoms with van der Waals surface area (Å²) in [6, 6.07) is 3.83. The number of nitro groups is 1. The van der Waals surface area contributed by atoms with E-state index in [-0.39, 0.29) is 23.7 Å². The maximum atomic E-state index is 12.8. The van der Waals surface area contributed by atoms with Crippen LogP contribution in [0, 0.1) is 17.0 Å². The number of nitrogens with zero attached hydrogens (tertiary/aromatic N) is 4. The Bertz CT molecular complexity index is 841. The monoisotopic (exact) mass is 320 g/mol. The minimum Gasteiger partial charge on any atom is -0.258 e. The minimum atomic E-state index is -3.83. The van der Waals surface area contributed by atoms with Gasteiger partial charge >= 0.3 is 0 Å². The highest BCUT2D eigenvalue weighted by atomic mass is 32.2. The van der Waals surface area contributed by atoms with Crippen molar-refractivity contribution in [3.05, 3.63) is 57.7 Å². The molecule has 1 aliphatic heterocycles. The van der Waals surface area contributed by atoms with Crippen molar-refractivity contribution >= 4 is 15.7 Å². The molecule has 114 valence electrons. The summed E-state index contributed by atoms with van der Waals surface area (Å²) in [4.78, 5) is 18.1. The van der Waals surface area contributed by atoms with Crippen LogP contribution in [0.2, 0.25) is 0 Å². The number of sulfonamides is 1. The molecule has 0 aliphatic carbocycles. The molecule has 0 radical (unpaired) electrons. The topological polar surface area (TPSA) is 106 Å². The fourth-order valence-electron chi connectivity index (χ4n) is 2.36. The molecule has 0 bridgehead atoms. The Balaban J connectivity index is 2.02. The van der Waals surface area contributed by atoms with E-state index in [0.717, 1.165) is 11.6 Å². The van der Waals surface area contributed by atoms with Crippen molar-refractivity contribution in [2.24, 2.45) is 0 Å². The Hall–Kier alpha value is -2.39. The van der Waals surface area contributed by atoms with E-state index in [1.807, 2.05) is 0 Å². The molecule has 3 rings (SSSR count). The number of aromatic nitrogens is 2. The molecule has 1 aromatic carbocycles. The van der Waals surface area contributed by atoms with E-state index in [2.05, 4.69) is 9.97 Å². The van der Waals surface area contributed by atoms with Crippen molar-refractivity contribution in [1.82, 2.24) is 14.3 Å². The second-order valence-electron chi connectivity index (χ2n) is 4.97. The second kappa shape index (κ2) is 5.11. The average molecular weight is 320 g/mol. The van der Waals surface area contributed by atoms with Crippen LogP contribution >= 0.6 is 0 Å².